The van der Waals surface area contributed by atoms with Crippen molar-refractivity contribution in [3.63, 3.8) is 0 Å². The number of amides is 2. The van der Waals surface area contributed by atoms with Crippen LogP contribution in [-0.4, -0.2) is 29.8 Å². The predicted molar refractivity (Wildman–Crippen MR) is 89.5 cm³/mol. The number of rotatable bonds is 8. The van der Waals surface area contributed by atoms with E-state index in [1.165, 1.54) is 6.92 Å². The first-order valence-electron chi connectivity index (χ1n) is 8.09. The minimum Gasteiger partial charge on any atom is -0.349 e. The minimum absolute atomic E-state index is 0.100. The Kier molecular flexibility index (Phi) is 7.64. The molecule has 1 N–H and O–H groups in total. The molecule has 0 aliphatic rings. The van der Waals surface area contributed by atoms with E-state index in [4.69, 9.17) is 0 Å². The molecule has 1 rings (SSSR count). The smallest absolute Gasteiger partial charge is 0.224 e. The van der Waals surface area contributed by atoms with Crippen molar-refractivity contribution in [2.45, 2.75) is 53.0 Å². The maximum atomic E-state index is 12.5. The molecule has 0 radical (unpaired) electrons. The number of hydrogen-bond donors (Lipinski definition) is 1. The van der Waals surface area contributed by atoms with Gasteiger partial charge in [-0.2, -0.15) is 0 Å². The van der Waals surface area contributed by atoms with Gasteiger partial charge in [-0.25, -0.2) is 0 Å². The van der Waals surface area contributed by atoms with E-state index in [1.54, 1.807) is 0 Å². The zero-order valence-electron chi connectivity index (χ0n) is 14.2. The highest BCUT2D eigenvalue weighted by atomic mass is 16.2. The predicted octanol–water partition coefficient (Wildman–Crippen LogP) is 3.21. The number of nitrogens with zero attached hydrogens (tertiary/aromatic N) is 1. The highest BCUT2D eigenvalue weighted by Gasteiger charge is 2.20. The molecule has 0 aliphatic heterocycles. The SMILES string of the molecule is CCCN(CCC)C(=O)CC(NC(C)=O)c1ccc(C)cc1. The third-order valence-corrected chi connectivity index (χ3v) is 3.58. The monoisotopic (exact) mass is 304 g/mol. The van der Waals surface area contributed by atoms with E-state index in [2.05, 4.69) is 19.2 Å². The first-order chi connectivity index (χ1) is 10.5. The molecular weight excluding hydrogens is 276 g/mol. The fraction of sp³-hybridized carbons (Fsp3) is 0.556. The average Bonchev–Trinajstić information content (AvgIpc) is 2.46. The van der Waals surface area contributed by atoms with E-state index < -0.39 is 0 Å². The number of benzene rings is 1. The molecule has 22 heavy (non-hydrogen) atoms. The van der Waals surface area contributed by atoms with Gasteiger partial charge < -0.3 is 10.2 Å². The fourth-order valence-corrected chi connectivity index (χ4v) is 2.50. The van der Waals surface area contributed by atoms with Gasteiger partial charge in [0.2, 0.25) is 11.8 Å². The van der Waals surface area contributed by atoms with Gasteiger partial charge in [-0.05, 0) is 25.3 Å². The van der Waals surface area contributed by atoms with E-state index in [1.807, 2.05) is 36.1 Å². The standard InChI is InChI=1S/C18H28N2O2/c1-5-11-20(12-6-2)18(22)13-17(19-15(4)21)16-9-7-14(3)8-10-16/h7-10,17H,5-6,11-13H2,1-4H3,(H,19,21). The number of carbonyl (C=O) groups is 2. The van der Waals surface area contributed by atoms with Crippen molar-refractivity contribution < 1.29 is 9.59 Å². The van der Waals surface area contributed by atoms with E-state index in [-0.39, 0.29) is 17.9 Å². The van der Waals surface area contributed by atoms with Crippen LogP contribution in [0.3, 0.4) is 0 Å². The lowest BCUT2D eigenvalue weighted by Crippen LogP contribution is -2.36. The molecular formula is C18H28N2O2. The number of carbonyl (C=O) groups excluding carboxylic acids is 2. The molecule has 1 aromatic rings. The fourth-order valence-electron chi connectivity index (χ4n) is 2.50. The van der Waals surface area contributed by atoms with Crippen molar-refractivity contribution in [3.8, 4) is 0 Å². The maximum Gasteiger partial charge on any atom is 0.224 e. The molecule has 0 heterocycles. The van der Waals surface area contributed by atoms with Gasteiger partial charge in [0.1, 0.15) is 0 Å². The van der Waals surface area contributed by atoms with Crippen LogP contribution in [0.4, 0.5) is 0 Å². The molecule has 122 valence electrons. The molecule has 0 aliphatic carbocycles. The molecule has 4 heteroatoms. The summed E-state index contributed by atoms with van der Waals surface area (Å²) in [7, 11) is 0. The van der Waals surface area contributed by atoms with Gasteiger partial charge in [0.15, 0.2) is 0 Å². The molecule has 0 fully saturated rings. The number of aryl methyl sites for hydroxylation is 1. The molecule has 1 aromatic carbocycles. The van der Waals surface area contributed by atoms with Crippen LogP contribution in [0.1, 0.15) is 57.2 Å². The van der Waals surface area contributed by atoms with Crippen LogP contribution in [0.5, 0.6) is 0 Å². The molecule has 0 spiro atoms. The van der Waals surface area contributed by atoms with E-state index in [9.17, 15) is 9.59 Å². The lowest BCUT2D eigenvalue weighted by Gasteiger charge is -2.25. The van der Waals surface area contributed by atoms with Crippen molar-refractivity contribution in [2.24, 2.45) is 0 Å². The molecule has 0 aromatic heterocycles. The van der Waals surface area contributed by atoms with Crippen molar-refractivity contribution >= 4 is 11.8 Å². The summed E-state index contributed by atoms with van der Waals surface area (Å²) in [5.74, 6) is -0.0149. The van der Waals surface area contributed by atoms with Crippen molar-refractivity contribution in [1.82, 2.24) is 10.2 Å². The quantitative estimate of drug-likeness (QED) is 0.801. The highest BCUT2D eigenvalue weighted by molar-refractivity contribution is 5.79. The summed E-state index contributed by atoms with van der Waals surface area (Å²) in [6.07, 6.45) is 2.20. The Morgan fingerprint density at radius 2 is 1.64 bits per heavy atom. The number of hydrogen-bond acceptors (Lipinski definition) is 2. The third-order valence-electron chi connectivity index (χ3n) is 3.58. The second-order valence-corrected chi connectivity index (χ2v) is 5.75. The largest absolute Gasteiger partial charge is 0.349 e. The normalized spacial score (nSPS) is 11.8. The Hall–Kier alpha value is -1.84. The second kappa shape index (κ2) is 9.23. The van der Waals surface area contributed by atoms with E-state index in [0.717, 1.165) is 37.1 Å². The molecule has 1 atom stereocenters. The van der Waals surface area contributed by atoms with Gasteiger partial charge in [0.25, 0.3) is 0 Å². The van der Waals surface area contributed by atoms with Gasteiger partial charge in [0, 0.05) is 20.0 Å². The third kappa shape index (κ3) is 5.88. The molecule has 4 nitrogen and oxygen atoms in total. The lowest BCUT2D eigenvalue weighted by molar-refractivity contribution is -0.132. The Morgan fingerprint density at radius 1 is 1.09 bits per heavy atom. The Labute approximate surface area is 133 Å². The Morgan fingerprint density at radius 3 is 2.09 bits per heavy atom. The van der Waals surface area contributed by atoms with E-state index in [0.29, 0.717) is 6.42 Å². The Bertz CT molecular complexity index is 476. The second-order valence-electron chi connectivity index (χ2n) is 5.75. The van der Waals surface area contributed by atoms with Crippen LogP contribution in [0, 0.1) is 6.92 Å². The van der Waals surface area contributed by atoms with Crippen LogP contribution in [-0.2, 0) is 9.59 Å². The van der Waals surface area contributed by atoms with Gasteiger partial charge in [-0.15, -0.1) is 0 Å². The molecule has 0 bridgehead atoms. The summed E-state index contributed by atoms with van der Waals surface area (Å²) in [6, 6.07) is 7.71. The minimum atomic E-state index is -0.262. The van der Waals surface area contributed by atoms with Crippen molar-refractivity contribution in [3.05, 3.63) is 35.4 Å². The topological polar surface area (TPSA) is 49.4 Å². The maximum absolute atomic E-state index is 12.5. The van der Waals surface area contributed by atoms with Crippen LogP contribution in [0.25, 0.3) is 0 Å². The van der Waals surface area contributed by atoms with Gasteiger partial charge >= 0.3 is 0 Å². The van der Waals surface area contributed by atoms with Crippen molar-refractivity contribution in [2.75, 3.05) is 13.1 Å². The molecule has 2 amide bonds. The van der Waals surface area contributed by atoms with Crippen LogP contribution < -0.4 is 5.32 Å². The van der Waals surface area contributed by atoms with Gasteiger partial charge in [-0.1, -0.05) is 43.7 Å². The zero-order chi connectivity index (χ0) is 16.5. The lowest BCUT2D eigenvalue weighted by atomic mass is 10.0. The van der Waals surface area contributed by atoms with Crippen LogP contribution in [0.2, 0.25) is 0 Å². The average molecular weight is 304 g/mol. The highest BCUT2D eigenvalue weighted by Crippen LogP contribution is 2.19. The summed E-state index contributed by atoms with van der Waals surface area (Å²) in [6.45, 7) is 9.19. The first-order valence-corrected chi connectivity index (χ1v) is 8.09. The summed E-state index contributed by atoms with van der Waals surface area (Å²) >= 11 is 0. The zero-order valence-corrected chi connectivity index (χ0v) is 14.2. The molecule has 0 saturated carbocycles. The summed E-state index contributed by atoms with van der Waals surface area (Å²) in [4.78, 5) is 25.9. The summed E-state index contributed by atoms with van der Waals surface area (Å²) in [5.41, 5.74) is 2.14. The van der Waals surface area contributed by atoms with E-state index >= 15 is 0 Å². The Balaban J connectivity index is 2.85. The summed E-state index contributed by atoms with van der Waals surface area (Å²) < 4.78 is 0. The van der Waals surface area contributed by atoms with Gasteiger partial charge in [-0.3, -0.25) is 9.59 Å². The molecule has 1 unspecified atom stereocenters. The summed E-state index contributed by atoms with van der Waals surface area (Å²) in [5, 5.41) is 2.90. The number of nitrogens with one attached hydrogen (secondary N) is 1. The van der Waals surface area contributed by atoms with Gasteiger partial charge in [0.05, 0.1) is 12.5 Å². The van der Waals surface area contributed by atoms with Crippen LogP contribution in [0.15, 0.2) is 24.3 Å². The first kappa shape index (κ1) is 18.2. The van der Waals surface area contributed by atoms with Crippen molar-refractivity contribution in [1.29, 1.82) is 0 Å². The molecule has 0 saturated heterocycles. The van der Waals surface area contributed by atoms with Crippen LogP contribution >= 0.6 is 0 Å².